The Balaban J connectivity index is 1.66. The number of rotatable bonds is 6. The third kappa shape index (κ3) is 6.13. The summed E-state index contributed by atoms with van der Waals surface area (Å²) in [7, 11) is -4.04. The maximum absolute atomic E-state index is 13.6. The molecule has 41 heavy (non-hydrogen) atoms. The van der Waals surface area contributed by atoms with Crippen LogP contribution in [0.1, 0.15) is 18.9 Å². The molecule has 2 heterocycles. The van der Waals surface area contributed by atoms with Crippen LogP contribution in [0.5, 0.6) is 0 Å². The summed E-state index contributed by atoms with van der Waals surface area (Å²) in [5.41, 5.74) is -0.0341. The predicted molar refractivity (Wildman–Crippen MR) is 143 cm³/mol. The van der Waals surface area contributed by atoms with Crippen molar-refractivity contribution in [3.63, 3.8) is 0 Å². The van der Waals surface area contributed by atoms with E-state index in [2.05, 4.69) is 4.90 Å². The third-order valence-electron chi connectivity index (χ3n) is 7.55. The number of anilines is 1. The van der Waals surface area contributed by atoms with Crippen LogP contribution in [-0.4, -0.2) is 98.0 Å². The van der Waals surface area contributed by atoms with Crippen molar-refractivity contribution in [1.29, 1.82) is 0 Å². The molecule has 0 radical (unpaired) electrons. The number of morpholine rings is 1. The van der Waals surface area contributed by atoms with Gasteiger partial charge in [0.25, 0.3) is 5.60 Å². The number of piperazine rings is 1. The van der Waals surface area contributed by atoms with Crippen LogP contribution >= 0.6 is 12.2 Å². The van der Waals surface area contributed by atoms with Gasteiger partial charge in [-0.3, -0.25) is 4.90 Å². The fraction of sp³-hybridized carbons (Fsp3) is 0.560. The topological polar surface area (TPSA) is 99.3 Å². The number of nitrogens with two attached hydrogens (primary N) is 1. The van der Waals surface area contributed by atoms with Crippen molar-refractivity contribution in [3.8, 4) is 0 Å². The highest BCUT2D eigenvalue weighted by molar-refractivity contribution is 7.96. The van der Waals surface area contributed by atoms with Gasteiger partial charge in [0.15, 0.2) is 0 Å². The van der Waals surface area contributed by atoms with Gasteiger partial charge in [0.05, 0.1) is 24.2 Å². The Kier molecular flexibility index (Phi) is 8.85. The van der Waals surface area contributed by atoms with E-state index in [1.54, 1.807) is 11.0 Å². The molecule has 4 rings (SSSR count). The minimum atomic E-state index is -6.01. The van der Waals surface area contributed by atoms with E-state index in [0.717, 1.165) is 12.1 Å². The SMILES string of the molecule is C[C@H]1COCCN1C[C@H]1CN(S(=O)(=O)C2=CC(N)=CCC2=S)CCN1c1ccc(C(O)(C(F)(F)F)C(F)(F)F)cc1. The summed E-state index contributed by atoms with van der Waals surface area (Å²) in [6.07, 6.45) is -8.88. The average Bonchev–Trinajstić information content (AvgIpc) is 2.89. The minimum Gasteiger partial charge on any atom is -0.399 e. The fourth-order valence-corrected chi connectivity index (χ4v) is 7.27. The molecule has 2 atom stereocenters. The average molecular weight is 629 g/mol. The first-order valence-electron chi connectivity index (χ1n) is 12.7. The lowest BCUT2D eigenvalue weighted by atomic mass is 9.92. The lowest BCUT2D eigenvalue weighted by Gasteiger charge is -2.46. The van der Waals surface area contributed by atoms with Crippen molar-refractivity contribution < 1.29 is 44.6 Å². The van der Waals surface area contributed by atoms with Crippen LogP contribution in [-0.2, 0) is 20.4 Å². The Morgan fingerprint density at radius 1 is 1.07 bits per heavy atom. The number of thiocarbonyl (C=S) groups is 1. The Morgan fingerprint density at radius 3 is 2.29 bits per heavy atom. The number of sulfonamides is 1. The van der Waals surface area contributed by atoms with Crippen LogP contribution in [0.2, 0.25) is 0 Å². The largest absolute Gasteiger partial charge is 0.430 e. The van der Waals surface area contributed by atoms with Crippen molar-refractivity contribution in [2.75, 3.05) is 50.8 Å². The van der Waals surface area contributed by atoms with Gasteiger partial charge in [-0.05, 0) is 25.1 Å². The molecule has 1 aromatic carbocycles. The minimum absolute atomic E-state index is 0.00731. The summed E-state index contributed by atoms with van der Waals surface area (Å²) in [6, 6.07) is 2.79. The second kappa shape index (κ2) is 11.4. The van der Waals surface area contributed by atoms with Gasteiger partial charge < -0.3 is 20.5 Å². The molecule has 2 saturated heterocycles. The van der Waals surface area contributed by atoms with E-state index in [4.69, 9.17) is 22.7 Å². The molecule has 0 amide bonds. The first-order valence-corrected chi connectivity index (χ1v) is 14.6. The molecule has 0 unspecified atom stereocenters. The van der Waals surface area contributed by atoms with E-state index in [1.807, 2.05) is 6.92 Å². The van der Waals surface area contributed by atoms with Gasteiger partial charge in [-0.2, -0.15) is 30.6 Å². The first kappa shape index (κ1) is 31.7. The van der Waals surface area contributed by atoms with E-state index < -0.39 is 39.6 Å². The molecule has 3 N–H and O–H groups in total. The zero-order valence-electron chi connectivity index (χ0n) is 22.0. The van der Waals surface area contributed by atoms with Gasteiger partial charge in [0.2, 0.25) is 10.0 Å². The number of alkyl halides is 6. The summed E-state index contributed by atoms with van der Waals surface area (Å²) in [5, 5.41) is 9.76. The van der Waals surface area contributed by atoms with E-state index in [0.29, 0.717) is 38.4 Å². The van der Waals surface area contributed by atoms with Gasteiger partial charge in [0.1, 0.15) is 0 Å². The van der Waals surface area contributed by atoms with Crippen LogP contribution in [0.3, 0.4) is 0 Å². The Bertz CT molecular complexity index is 1300. The molecule has 0 spiro atoms. The Hall–Kier alpha value is -2.24. The number of halogens is 6. The van der Waals surface area contributed by atoms with Gasteiger partial charge in [-0.25, -0.2) is 8.42 Å². The molecule has 2 fully saturated rings. The van der Waals surface area contributed by atoms with Crippen LogP contribution in [0.15, 0.2) is 47.0 Å². The quantitative estimate of drug-likeness (QED) is 0.367. The van der Waals surface area contributed by atoms with E-state index >= 15 is 0 Å². The summed E-state index contributed by atoms with van der Waals surface area (Å²) < 4.78 is 114. The number of ether oxygens (including phenoxy) is 1. The molecule has 1 aliphatic carbocycles. The summed E-state index contributed by atoms with van der Waals surface area (Å²) in [4.78, 5) is 3.99. The van der Waals surface area contributed by atoms with Crippen molar-refractivity contribution in [3.05, 3.63) is 52.6 Å². The normalized spacial score (nSPS) is 24.3. The number of aliphatic hydroxyl groups is 1. The van der Waals surface area contributed by atoms with E-state index in [1.165, 1.54) is 10.4 Å². The fourth-order valence-electron chi connectivity index (χ4n) is 5.19. The van der Waals surface area contributed by atoms with Gasteiger partial charge in [0, 0.05) is 67.0 Å². The van der Waals surface area contributed by atoms with Gasteiger partial charge in [-0.15, -0.1) is 0 Å². The summed E-state index contributed by atoms with van der Waals surface area (Å²) in [6.45, 7) is 3.79. The molecular formula is C25H30F6N4O4S2. The Labute approximate surface area is 239 Å². The van der Waals surface area contributed by atoms with Crippen LogP contribution in [0.4, 0.5) is 32.0 Å². The highest BCUT2D eigenvalue weighted by atomic mass is 32.2. The smallest absolute Gasteiger partial charge is 0.399 e. The molecule has 3 aliphatic rings. The third-order valence-corrected chi connectivity index (χ3v) is 9.99. The molecule has 0 aromatic heterocycles. The van der Waals surface area contributed by atoms with Crippen LogP contribution < -0.4 is 10.6 Å². The number of nitrogens with zero attached hydrogens (tertiary/aromatic N) is 3. The molecule has 16 heteroatoms. The predicted octanol–water partition coefficient (Wildman–Crippen LogP) is 3.04. The van der Waals surface area contributed by atoms with E-state index in [-0.39, 0.29) is 53.3 Å². The monoisotopic (exact) mass is 628 g/mol. The maximum atomic E-state index is 13.6. The second-order valence-electron chi connectivity index (χ2n) is 10.2. The Morgan fingerprint density at radius 2 is 1.71 bits per heavy atom. The molecule has 0 bridgehead atoms. The number of benzene rings is 1. The number of allylic oxidation sites excluding steroid dienone is 3. The van der Waals surface area contributed by atoms with Crippen LogP contribution in [0.25, 0.3) is 0 Å². The highest BCUT2D eigenvalue weighted by Gasteiger charge is 2.71. The molecule has 8 nitrogen and oxygen atoms in total. The van der Waals surface area contributed by atoms with E-state index in [9.17, 15) is 39.9 Å². The molecular weight excluding hydrogens is 598 g/mol. The standard InChI is InChI=1S/C25H30F6N4O4S2/c1-16-15-39-11-10-33(16)13-20-14-34(41(37,38)22-12-18(32)4-7-21(22)40)8-9-35(20)19-5-2-17(3-6-19)23(36,24(26,27)28)25(29,30)31/h2-6,12,16,20,36H,7-11,13-15,32H2,1H3/t16-,20-/m0/s1. The van der Waals surface area contributed by atoms with Crippen molar-refractivity contribution in [2.45, 2.75) is 43.4 Å². The number of hydrogen-bond donors (Lipinski definition) is 2. The molecule has 0 saturated carbocycles. The van der Waals surface area contributed by atoms with Crippen LogP contribution in [0, 0.1) is 0 Å². The molecule has 228 valence electrons. The number of hydrogen-bond acceptors (Lipinski definition) is 8. The van der Waals surface area contributed by atoms with Crippen molar-refractivity contribution >= 4 is 32.8 Å². The lowest BCUT2D eigenvalue weighted by molar-refractivity contribution is -0.376. The van der Waals surface area contributed by atoms with Gasteiger partial charge in [-0.1, -0.05) is 30.4 Å². The summed E-state index contributed by atoms with van der Waals surface area (Å²) in [5.74, 6) is 0. The second-order valence-corrected chi connectivity index (χ2v) is 12.6. The van der Waals surface area contributed by atoms with Gasteiger partial charge >= 0.3 is 12.4 Å². The first-order chi connectivity index (χ1) is 19.0. The maximum Gasteiger partial charge on any atom is 0.430 e. The lowest BCUT2D eigenvalue weighted by Crippen LogP contribution is -2.60. The highest BCUT2D eigenvalue weighted by Crippen LogP contribution is 2.50. The summed E-state index contributed by atoms with van der Waals surface area (Å²) >= 11 is 5.28. The zero-order chi connectivity index (χ0) is 30.4. The zero-order valence-corrected chi connectivity index (χ0v) is 23.6. The van der Waals surface area contributed by atoms with Crippen molar-refractivity contribution in [1.82, 2.24) is 9.21 Å². The molecule has 2 aliphatic heterocycles. The molecule has 1 aromatic rings. The van der Waals surface area contributed by atoms with Crippen molar-refractivity contribution in [2.24, 2.45) is 5.73 Å².